The van der Waals surface area contributed by atoms with Crippen LogP contribution in [-0.4, -0.2) is 44.3 Å². The summed E-state index contributed by atoms with van der Waals surface area (Å²) in [5.41, 5.74) is -0.465. The summed E-state index contributed by atoms with van der Waals surface area (Å²) in [5.74, 6) is -2.21. The summed E-state index contributed by atoms with van der Waals surface area (Å²) in [6.45, 7) is 0. The summed E-state index contributed by atoms with van der Waals surface area (Å²) < 4.78 is 0. The second kappa shape index (κ2) is 4.17. The fourth-order valence-corrected chi connectivity index (χ4v) is 0.747. The number of benzene rings is 1. The van der Waals surface area contributed by atoms with Gasteiger partial charge in [-0.3, -0.25) is 0 Å². The molecule has 0 bridgehead atoms. The standard InChI is InChI=1S/C7H6O4.Mg.2H/c8-4-2-1-3-5(9)6(4)7(10)11;;;/h1-3,8-9H,(H,10,11);;;/q;+2;2*-1. The van der Waals surface area contributed by atoms with Crippen LogP contribution in [0, 0.1) is 0 Å². The van der Waals surface area contributed by atoms with Crippen LogP contribution in [0.15, 0.2) is 18.2 Å². The van der Waals surface area contributed by atoms with Crippen molar-refractivity contribution in [2.45, 2.75) is 0 Å². The molecule has 0 aliphatic heterocycles. The molecule has 1 aromatic rings. The predicted octanol–water partition coefficient (Wildman–Crippen LogP) is 0.640. The van der Waals surface area contributed by atoms with Gasteiger partial charge >= 0.3 is 29.0 Å². The number of carboxylic acid groups (broad SMARTS) is 1. The van der Waals surface area contributed by atoms with Gasteiger partial charge in [0.05, 0.1) is 0 Å². The van der Waals surface area contributed by atoms with Gasteiger partial charge in [0.25, 0.3) is 0 Å². The zero-order valence-electron chi connectivity index (χ0n) is 8.19. The number of carbonyl (C=O) groups is 1. The van der Waals surface area contributed by atoms with E-state index in [1.165, 1.54) is 18.2 Å². The number of aromatic carboxylic acids is 1. The van der Waals surface area contributed by atoms with Crippen molar-refractivity contribution in [3.05, 3.63) is 23.8 Å². The van der Waals surface area contributed by atoms with Gasteiger partial charge < -0.3 is 18.2 Å². The van der Waals surface area contributed by atoms with Gasteiger partial charge in [-0.25, -0.2) is 4.79 Å². The molecule has 0 unspecified atom stereocenters. The van der Waals surface area contributed by atoms with Crippen LogP contribution in [0.25, 0.3) is 0 Å². The average Bonchev–Trinajstić information content (AvgIpc) is 1.85. The molecule has 62 valence electrons. The first kappa shape index (κ1) is 11.1. The Bertz CT molecular complexity index is 285. The molecule has 0 spiro atoms. The number of phenols is 2. The number of aromatic hydroxyl groups is 2. The molecular weight excluding hydrogens is 172 g/mol. The van der Waals surface area contributed by atoms with Crippen LogP contribution in [0.2, 0.25) is 0 Å². The van der Waals surface area contributed by atoms with Crippen molar-refractivity contribution in [2.24, 2.45) is 0 Å². The van der Waals surface area contributed by atoms with Gasteiger partial charge in [0.15, 0.2) is 0 Å². The Kier molecular flexibility index (Phi) is 3.85. The summed E-state index contributed by atoms with van der Waals surface area (Å²) in [6.07, 6.45) is 0. The number of rotatable bonds is 1. The molecule has 0 amide bonds. The maximum atomic E-state index is 10.3. The maximum absolute atomic E-state index is 10.3. The fourth-order valence-electron chi connectivity index (χ4n) is 0.747. The Morgan fingerprint density at radius 1 is 1.25 bits per heavy atom. The van der Waals surface area contributed by atoms with E-state index in [0.717, 1.165) is 0 Å². The molecule has 0 atom stereocenters. The van der Waals surface area contributed by atoms with E-state index in [9.17, 15) is 4.79 Å². The Morgan fingerprint density at radius 3 is 1.92 bits per heavy atom. The Balaban J connectivity index is -0.000000403. The molecule has 0 heterocycles. The van der Waals surface area contributed by atoms with Crippen molar-refractivity contribution >= 4 is 29.0 Å². The maximum Gasteiger partial charge on any atom is 2.00 e. The molecule has 0 radical (unpaired) electrons. The number of carboxylic acids is 1. The normalized spacial score (nSPS) is 8.67. The molecule has 4 nitrogen and oxygen atoms in total. The van der Waals surface area contributed by atoms with E-state index in [1.54, 1.807) is 0 Å². The summed E-state index contributed by atoms with van der Waals surface area (Å²) in [6, 6.07) is 3.75. The second-order valence-corrected chi connectivity index (χ2v) is 1.98. The van der Waals surface area contributed by atoms with Crippen molar-refractivity contribution < 1.29 is 23.0 Å². The van der Waals surface area contributed by atoms with Crippen molar-refractivity contribution in [3.63, 3.8) is 0 Å². The number of hydrogen-bond donors (Lipinski definition) is 3. The van der Waals surface area contributed by atoms with Crippen LogP contribution >= 0.6 is 0 Å². The molecule has 0 fully saturated rings. The first-order valence-corrected chi connectivity index (χ1v) is 2.87. The molecule has 0 aliphatic rings. The van der Waals surface area contributed by atoms with Gasteiger partial charge in [0.1, 0.15) is 17.1 Å². The third kappa shape index (κ3) is 2.02. The minimum absolute atomic E-state index is 0. The van der Waals surface area contributed by atoms with Gasteiger partial charge in [-0.2, -0.15) is 0 Å². The van der Waals surface area contributed by atoms with E-state index in [2.05, 4.69) is 0 Å². The number of hydrogen-bond acceptors (Lipinski definition) is 3. The van der Waals surface area contributed by atoms with E-state index in [0.29, 0.717) is 0 Å². The Hall–Kier alpha value is -0.944. The Labute approximate surface area is 87.6 Å². The molecule has 0 saturated heterocycles. The largest absolute Gasteiger partial charge is 2.00 e. The zero-order valence-corrected chi connectivity index (χ0v) is 7.60. The monoisotopic (exact) mass is 180 g/mol. The van der Waals surface area contributed by atoms with Gasteiger partial charge in [-0.15, -0.1) is 0 Å². The van der Waals surface area contributed by atoms with Gasteiger partial charge in [0.2, 0.25) is 0 Å². The average molecular weight is 180 g/mol. The van der Waals surface area contributed by atoms with Gasteiger partial charge in [0, 0.05) is 0 Å². The summed E-state index contributed by atoms with van der Waals surface area (Å²) in [7, 11) is 0. The topological polar surface area (TPSA) is 77.8 Å². The van der Waals surface area contributed by atoms with Gasteiger partial charge in [-0.1, -0.05) is 6.07 Å². The molecular formula is C7H8MgO4. The van der Waals surface area contributed by atoms with Crippen LogP contribution in [0.3, 0.4) is 0 Å². The van der Waals surface area contributed by atoms with Crippen molar-refractivity contribution in [1.82, 2.24) is 0 Å². The zero-order chi connectivity index (χ0) is 8.43. The van der Waals surface area contributed by atoms with E-state index in [-0.39, 0.29) is 25.9 Å². The molecule has 0 aliphatic carbocycles. The van der Waals surface area contributed by atoms with E-state index in [4.69, 9.17) is 15.3 Å². The third-order valence-corrected chi connectivity index (χ3v) is 1.23. The van der Waals surface area contributed by atoms with Crippen molar-refractivity contribution in [1.29, 1.82) is 0 Å². The van der Waals surface area contributed by atoms with Crippen LogP contribution in [0.4, 0.5) is 0 Å². The third-order valence-electron chi connectivity index (χ3n) is 1.23. The van der Waals surface area contributed by atoms with Crippen molar-refractivity contribution in [3.8, 4) is 11.5 Å². The molecule has 1 aromatic carbocycles. The van der Waals surface area contributed by atoms with Crippen LogP contribution < -0.4 is 0 Å². The molecule has 3 N–H and O–H groups in total. The van der Waals surface area contributed by atoms with Crippen LogP contribution in [0.5, 0.6) is 11.5 Å². The summed E-state index contributed by atoms with van der Waals surface area (Å²) >= 11 is 0. The van der Waals surface area contributed by atoms with Crippen molar-refractivity contribution in [2.75, 3.05) is 0 Å². The summed E-state index contributed by atoms with van der Waals surface area (Å²) in [5, 5.41) is 26.3. The fraction of sp³-hybridized carbons (Fsp3) is 0. The summed E-state index contributed by atoms with van der Waals surface area (Å²) in [4.78, 5) is 10.3. The predicted molar refractivity (Wildman–Crippen MR) is 44.7 cm³/mol. The second-order valence-electron chi connectivity index (χ2n) is 1.98. The van der Waals surface area contributed by atoms with Crippen LogP contribution in [0.1, 0.15) is 13.2 Å². The van der Waals surface area contributed by atoms with E-state index in [1.807, 2.05) is 0 Å². The minimum atomic E-state index is -1.35. The molecule has 0 saturated carbocycles. The van der Waals surface area contributed by atoms with E-state index >= 15 is 0 Å². The van der Waals surface area contributed by atoms with Crippen LogP contribution in [-0.2, 0) is 0 Å². The first-order chi connectivity index (χ1) is 5.13. The molecule has 0 aromatic heterocycles. The minimum Gasteiger partial charge on any atom is -1.00 e. The quantitative estimate of drug-likeness (QED) is 0.554. The SMILES string of the molecule is O=C(O)c1c(O)cccc1O.[H-].[H-].[Mg+2]. The molecule has 5 heteroatoms. The Morgan fingerprint density at radius 2 is 1.67 bits per heavy atom. The first-order valence-electron chi connectivity index (χ1n) is 2.87. The molecule has 12 heavy (non-hydrogen) atoms. The smallest absolute Gasteiger partial charge is 1.00 e. The van der Waals surface area contributed by atoms with E-state index < -0.39 is 23.0 Å². The van der Waals surface area contributed by atoms with Gasteiger partial charge in [-0.05, 0) is 12.1 Å². The molecule has 1 rings (SSSR count).